The number of hydrogen-bond acceptors (Lipinski definition) is 2. The molecule has 0 spiro atoms. The summed E-state index contributed by atoms with van der Waals surface area (Å²) in [7, 11) is 1.69. The molecule has 0 aromatic heterocycles. The number of nitrogens with zero attached hydrogens (tertiary/aromatic N) is 1. The van der Waals surface area contributed by atoms with Crippen molar-refractivity contribution in [2.45, 2.75) is 32.7 Å². The number of guanidine groups is 1. The zero-order chi connectivity index (χ0) is 13.1. The number of carbonyl (C=O) groups is 1. The summed E-state index contributed by atoms with van der Waals surface area (Å²) >= 11 is 0. The van der Waals surface area contributed by atoms with Crippen molar-refractivity contribution in [2.75, 3.05) is 20.1 Å². The molecule has 0 aliphatic carbocycles. The van der Waals surface area contributed by atoms with Crippen molar-refractivity contribution in [3.63, 3.8) is 0 Å². The number of rotatable bonds is 7. The Hall–Kier alpha value is -1.52. The third-order valence-corrected chi connectivity index (χ3v) is 2.30. The Morgan fingerprint density at radius 1 is 1.47 bits per heavy atom. The molecule has 0 rings (SSSR count). The van der Waals surface area contributed by atoms with Crippen LogP contribution in [0, 0.1) is 0 Å². The predicted molar refractivity (Wildman–Crippen MR) is 72.1 cm³/mol. The number of aliphatic imine (C=N–C) groups is 1. The highest BCUT2D eigenvalue weighted by molar-refractivity contribution is 5.81. The number of nitrogens with one attached hydrogen (secondary N) is 3. The molecule has 1 unspecified atom stereocenters. The van der Waals surface area contributed by atoms with E-state index < -0.39 is 0 Å². The minimum absolute atomic E-state index is 0.0611. The Morgan fingerprint density at radius 2 is 2.18 bits per heavy atom. The molecule has 1 atom stereocenters. The molecule has 98 valence electrons. The summed E-state index contributed by atoms with van der Waals surface area (Å²) in [6.07, 6.45) is 3.14. The fraction of sp³-hybridized carbons (Fsp3) is 0.667. The molecule has 5 heteroatoms. The lowest BCUT2D eigenvalue weighted by molar-refractivity contribution is -0.121. The molecule has 0 heterocycles. The van der Waals surface area contributed by atoms with Crippen molar-refractivity contribution in [2.24, 2.45) is 4.99 Å². The predicted octanol–water partition coefficient (Wildman–Crippen LogP) is 0.642. The maximum Gasteiger partial charge on any atom is 0.221 e. The highest BCUT2D eigenvalue weighted by Crippen LogP contribution is 1.88. The van der Waals surface area contributed by atoms with Crippen LogP contribution in [0.4, 0.5) is 0 Å². The van der Waals surface area contributed by atoms with Gasteiger partial charge in [-0.2, -0.15) is 0 Å². The Balaban J connectivity index is 3.74. The van der Waals surface area contributed by atoms with Crippen LogP contribution in [0.1, 0.15) is 26.7 Å². The second-order valence-electron chi connectivity index (χ2n) is 3.80. The molecule has 0 aromatic carbocycles. The van der Waals surface area contributed by atoms with Crippen LogP contribution in [0.25, 0.3) is 0 Å². The van der Waals surface area contributed by atoms with Crippen LogP contribution >= 0.6 is 0 Å². The number of amides is 1. The maximum absolute atomic E-state index is 11.5. The second-order valence-corrected chi connectivity index (χ2v) is 3.80. The van der Waals surface area contributed by atoms with Crippen molar-refractivity contribution in [1.29, 1.82) is 0 Å². The van der Waals surface area contributed by atoms with Crippen molar-refractivity contribution >= 4 is 11.9 Å². The lowest BCUT2D eigenvalue weighted by Crippen LogP contribution is -2.40. The van der Waals surface area contributed by atoms with Crippen molar-refractivity contribution in [1.82, 2.24) is 16.0 Å². The van der Waals surface area contributed by atoms with E-state index >= 15 is 0 Å². The zero-order valence-corrected chi connectivity index (χ0v) is 11.0. The average molecular weight is 240 g/mol. The van der Waals surface area contributed by atoms with E-state index in [1.165, 1.54) is 0 Å². The van der Waals surface area contributed by atoms with Gasteiger partial charge in [0.2, 0.25) is 5.91 Å². The molecular weight excluding hydrogens is 216 g/mol. The molecule has 0 bridgehead atoms. The highest BCUT2D eigenvalue weighted by Gasteiger charge is 2.05. The molecule has 0 fully saturated rings. The summed E-state index contributed by atoms with van der Waals surface area (Å²) in [6.45, 7) is 8.87. The fourth-order valence-electron chi connectivity index (χ4n) is 1.13. The van der Waals surface area contributed by atoms with Gasteiger partial charge in [0.05, 0.1) is 0 Å². The molecule has 0 aliphatic rings. The van der Waals surface area contributed by atoms with Gasteiger partial charge in [-0.15, -0.1) is 6.58 Å². The highest BCUT2D eigenvalue weighted by atomic mass is 16.1. The van der Waals surface area contributed by atoms with E-state index in [0.717, 1.165) is 6.42 Å². The standard InChI is InChI=1S/C12H24N4O/c1-5-8-14-12(13-4)15-9-7-11(17)16-10(3)6-2/h5,10H,1,6-9H2,2-4H3,(H,16,17)(H2,13,14,15). The van der Waals surface area contributed by atoms with Gasteiger partial charge in [-0.25, -0.2) is 0 Å². The Kier molecular flexibility index (Phi) is 8.82. The van der Waals surface area contributed by atoms with Crippen LogP contribution < -0.4 is 16.0 Å². The van der Waals surface area contributed by atoms with Gasteiger partial charge in [0.15, 0.2) is 5.96 Å². The van der Waals surface area contributed by atoms with Crippen LogP contribution in [0.5, 0.6) is 0 Å². The summed E-state index contributed by atoms with van der Waals surface area (Å²) in [5.41, 5.74) is 0. The third-order valence-electron chi connectivity index (χ3n) is 2.30. The molecule has 0 radical (unpaired) electrons. The molecule has 17 heavy (non-hydrogen) atoms. The minimum Gasteiger partial charge on any atom is -0.356 e. The fourth-order valence-corrected chi connectivity index (χ4v) is 1.13. The quantitative estimate of drug-likeness (QED) is 0.348. The first kappa shape index (κ1) is 15.5. The van der Waals surface area contributed by atoms with E-state index in [-0.39, 0.29) is 11.9 Å². The van der Waals surface area contributed by atoms with Gasteiger partial charge in [-0.3, -0.25) is 9.79 Å². The molecule has 0 saturated heterocycles. The van der Waals surface area contributed by atoms with Gasteiger partial charge in [0.1, 0.15) is 0 Å². The average Bonchev–Trinajstić information content (AvgIpc) is 2.33. The maximum atomic E-state index is 11.5. The summed E-state index contributed by atoms with van der Waals surface area (Å²) in [5.74, 6) is 0.743. The van der Waals surface area contributed by atoms with Gasteiger partial charge in [0, 0.05) is 32.6 Å². The third kappa shape index (κ3) is 8.30. The van der Waals surface area contributed by atoms with Crippen molar-refractivity contribution < 1.29 is 4.79 Å². The molecule has 0 aliphatic heterocycles. The van der Waals surface area contributed by atoms with E-state index in [2.05, 4.69) is 27.5 Å². The molecular formula is C12H24N4O. The lowest BCUT2D eigenvalue weighted by atomic mass is 10.2. The van der Waals surface area contributed by atoms with Crippen molar-refractivity contribution in [3.8, 4) is 0 Å². The first-order chi connectivity index (χ1) is 8.13. The Bertz CT molecular complexity index is 263. The van der Waals surface area contributed by atoms with Crippen LogP contribution in [0.2, 0.25) is 0 Å². The van der Waals surface area contributed by atoms with Crippen molar-refractivity contribution in [3.05, 3.63) is 12.7 Å². The van der Waals surface area contributed by atoms with E-state index in [0.29, 0.717) is 25.5 Å². The van der Waals surface area contributed by atoms with Gasteiger partial charge < -0.3 is 16.0 Å². The largest absolute Gasteiger partial charge is 0.356 e. The summed E-state index contributed by atoms with van der Waals surface area (Å²) < 4.78 is 0. The Morgan fingerprint density at radius 3 is 2.71 bits per heavy atom. The smallest absolute Gasteiger partial charge is 0.221 e. The molecule has 3 N–H and O–H groups in total. The van der Waals surface area contributed by atoms with E-state index in [4.69, 9.17) is 0 Å². The van der Waals surface area contributed by atoms with E-state index in [1.54, 1.807) is 13.1 Å². The lowest BCUT2D eigenvalue weighted by Gasteiger charge is -2.13. The molecule has 5 nitrogen and oxygen atoms in total. The molecule has 0 saturated carbocycles. The summed E-state index contributed by atoms with van der Waals surface area (Å²) in [6, 6.07) is 0.237. The molecule has 1 amide bonds. The Labute approximate surface area is 104 Å². The number of hydrogen-bond donors (Lipinski definition) is 3. The summed E-state index contributed by atoms with van der Waals surface area (Å²) in [4.78, 5) is 15.5. The van der Waals surface area contributed by atoms with Crippen LogP contribution in [0.3, 0.4) is 0 Å². The number of carbonyl (C=O) groups excluding carboxylic acids is 1. The molecule has 0 aromatic rings. The van der Waals surface area contributed by atoms with Gasteiger partial charge in [-0.05, 0) is 13.3 Å². The normalized spacial score (nSPS) is 12.8. The first-order valence-corrected chi connectivity index (χ1v) is 5.98. The van der Waals surface area contributed by atoms with Crippen LogP contribution in [-0.4, -0.2) is 38.0 Å². The van der Waals surface area contributed by atoms with E-state index in [1.807, 2.05) is 13.8 Å². The van der Waals surface area contributed by atoms with E-state index in [9.17, 15) is 4.79 Å². The topological polar surface area (TPSA) is 65.5 Å². The monoisotopic (exact) mass is 240 g/mol. The summed E-state index contributed by atoms with van der Waals surface area (Å²) in [5, 5.41) is 9.00. The second kappa shape index (κ2) is 9.69. The first-order valence-electron chi connectivity index (χ1n) is 5.98. The van der Waals surface area contributed by atoms with Gasteiger partial charge in [-0.1, -0.05) is 13.0 Å². The minimum atomic E-state index is 0.0611. The van der Waals surface area contributed by atoms with Gasteiger partial charge in [0.25, 0.3) is 0 Å². The SMILES string of the molecule is C=CCNC(=NC)NCCC(=O)NC(C)CC. The van der Waals surface area contributed by atoms with Crippen LogP contribution in [-0.2, 0) is 4.79 Å². The zero-order valence-electron chi connectivity index (χ0n) is 11.0. The van der Waals surface area contributed by atoms with Gasteiger partial charge >= 0.3 is 0 Å². The van der Waals surface area contributed by atoms with Crippen LogP contribution in [0.15, 0.2) is 17.6 Å².